The van der Waals surface area contributed by atoms with Crippen molar-refractivity contribution in [3.63, 3.8) is 0 Å². The lowest BCUT2D eigenvalue weighted by atomic mass is 10.1. The molecule has 0 aromatic heterocycles. The minimum Gasteiger partial charge on any atom is -0.379 e. The van der Waals surface area contributed by atoms with E-state index < -0.39 is 0 Å². The Bertz CT molecular complexity index is 685. The number of benzene rings is 1. The lowest BCUT2D eigenvalue weighted by Gasteiger charge is -2.26. The van der Waals surface area contributed by atoms with Crippen LogP contribution < -0.4 is 10.6 Å². The predicted molar refractivity (Wildman–Crippen MR) is 134 cm³/mol. The van der Waals surface area contributed by atoms with E-state index in [1.54, 1.807) is 20.2 Å². The third-order valence-corrected chi connectivity index (χ3v) is 5.21. The normalized spacial score (nSPS) is 14.7. The van der Waals surface area contributed by atoms with E-state index in [0.29, 0.717) is 16.0 Å². The van der Waals surface area contributed by atoms with E-state index in [1.165, 1.54) is 4.90 Å². The maximum atomic E-state index is 11.9. The molecule has 7 nitrogen and oxygen atoms in total. The van der Waals surface area contributed by atoms with Gasteiger partial charge < -0.3 is 20.3 Å². The zero-order chi connectivity index (χ0) is 21.1. The second-order valence-electron chi connectivity index (χ2n) is 7.10. The Balaban J connectivity index is 0.00000450. The highest BCUT2D eigenvalue weighted by atomic mass is 127. The van der Waals surface area contributed by atoms with Crippen LogP contribution in [0.1, 0.15) is 12.0 Å². The molecule has 1 aliphatic heterocycles. The van der Waals surface area contributed by atoms with Crippen LogP contribution in [0, 0.1) is 0 Å². The summed E-state index contributed by atoms with van der Waals surface area (Å²) in [7, 11) is 3.46. The van der Waals surface area contributed by atoms with Crippen LogP contribution in [0.3, 0.4) is 0 Å². The number of ether oxygens (including phenoxy) is 1. The summed E-state index contributed by atoms with van der Waals surface area (Å²) < 4.78 is 5.37. The van der Waals surface area contributed by atoms with Gasteiger partial charge in [0.25, 0.3) is 0 Å². The van der Waals surface area contributed by atoms with Crippen molar-refractivity contribution in [2.75, 3.05) is 66.6 Å². The smallest absolute Gasteiger partial charge is 0.243 e. The molecule has 1 saturated heterocycles. The number of halogens is 3. The van der Waals surface area contributed by atoms with Gasteiger partial charge in [-0.3, -0.25) is 9.69 Å². The number of hydrogen-bond donors (Lipinski definition) is 2. The second kappa shape index (κ2) is 15.1. The maximum Gasteiger partial charge on any atom is 0.243 e. The van der Waals surface area contributed by atoms with Gasteiger partial charge in [0.2, 0.25) is 5.91 Å². The van der Waals surface area contributed by atoms with Gasteiger partial charge in [-0.05, 0) is 30.5 Å². The molecule has 1 aromatic carbocycles. The van der Waals surface area contributed by atoms with E-state index in [-0.39, 0.29) is 36.4 Å². The van der Waals surface area contributed by atoms with Gasteiger partial charge in [0.15, 0.2) is 5.96 Å². The summed E-state index contributed by atoms with van der Waals surface area (Å²) in [4.78, 5) is 20.2. The minimum absolute atomic E-state index is 0. The van der Waals surface area contributed by atoms with Gasteiger partial charge in [-0.2, -0.15) is 0 Å². The Labute approximate surface area is 206 Å². The number of amides is 1. The second-order valence-corrected chi connectivity index (χ2v) is 7.94. The number of aryl methyl sites for hydroxylation is 1. The van der Waals surface area contributed by atoms with Crippen molar-refractivity contribution in [3.8, 4) is 0 Å². The third kappa shape index (κ3) is 10.5. The van der Waals surface area contributed by atoms with Crippen molar-refractivity contribution < 1.29 is 9.53 Å². The first-order valence-electron chi connectivity index (χ1n) is 9.92. The first-order chi connectivity index (χ1) is 14.0. The molecular formula is C20H32Cl2IN5O2. The first-order valence-corrected chi connectivity index (χ1v) is 10.7. The molecule has 1 fully saturated rings. The lowest BCUT2D eigenvalue weighted by Crippen LogP contribution is -2.45. The standard InChI is InChI=1S/C20H31Cl2N5O2.HI/c1-26(2)19(28)15-25-20(24-8-9-27-10-12-29-13-11-27)23-7-3-4-16-5-6-17(21)14-18(16)22;/h5-6,14H,3-4,7-13,15H2,1-2H3,(H2,23,24,25);1H. The van der Waals surface area contributed by atoms with Gasteiger partial charge in [0.1, 0.15) is 6.54 Å². The Kier molecular flexibility index (Phi) is 13.7. The van der Waals surface area contributed by atoms with E-state index in [9.17, 15) is 4.79 Å². The van der Waals surface area contributed by atoms with Crippen molar-refractivity contribution in [3.05, 3.63) is 33.8 Å². The van der Waals surface area contributed by atoms with Crippen molar-refractivity contribution in [2.24, 2.45) is 4.99 Å². The molecule has 0 bridgehead atoms. The molecule has 2 rings (SSSR count). The van der Waals surface area contributed by atoms with Crippen molar-refractivity contribution in [2.45, 2.75) is 12.8 Å². The number of nitrogens with one attached hydrogen (secondary N) is 2. The zero-order valence-electron chi connectivity index (χ0n) is 17.6. The molecule has 1 heterocycles. The van der Waals surface area contributed by atoms with E-state index in [2.05, 4.69) is 20.5 Å². The summed E-state index contributed by atoms with van der Waals surface area (Å²) in [5.41, 5.74) is 1.07. The largest absolute Gasteiger partial charge is 0.379 e. The van der Waals surface area contributed by atoms with Crippen LogP contribution in [0.4, 0.5) is 0 Å². The van der Waals surface area contributed by atoms with Crippen LogP contribution in [0.5, 0.6) is 0 Å². The molecule has 1 aliphatic rings. The Hall–Kier alpha value is -0.810. The highest BCUT2D eigenvalue weighted by molar-refractivity contribution is 14.0. The molecule has 170 valence electrons. The number of carbonyl (C=O) groups is 1. The molecule has 0 atom stereocenters. The lowest BCUT2D eigenvalue weighted by molar-refractivity contribution is -0.127. The summed E-state index contributed by atoms with van der Waals surface area (Å²) in [6.07, 6.45) is 1.72. The number of likely N-dealkylation sites (N-methyl/N-ethyl adjacent to an activating group) is 1. The van der Waals surface area contributed by atoms with Gasteiger partial charge >= 0.3 is 0 Å². The number of rotatable bonds is 9. The number of nitrogens with zero attached hydrogens (tertiary/aromatic N) is 3. The molecule has 1 amide bonds. The molecule has 2 N–H and O–H groups in total. The number of aliphatic imine (C=N–C) groups is 1. The average molecular weight is 572 g/mol. The molecule has 1 aromatic rings. The van der Waals surface area contributed by atoms with E-state index in [4.69, 9.17) is 27.9 Å². The minimum atomic E-state index is -0.0350. The first kappa shape index (κ1) is 27.2. The topological polar surface area (TPSA) is 69.2 Å². The Morgan fingerprint density at radius 2 is 1.90 bits per heavy atom. The highest BCUT2D eigenvalue weighted by Crippen LogP contribution is 2.21. The SMILES string of the molecule is CN(C)C(=O)CN=C(NCCCc1ccc(Cl)cc1Cl)NCCN1CCOCC1.I. The third-order valence-electron chi connectivity index (χ3n) is 4.63. The molecule has 30 heavy (non-hydrogen) atoms. The van der Waals surface area contributed by atoms with E-state index >= 15 is 0 Å². The fourth-order valence-corrected chi connectivity index (χ4v) is 3.33. The van der Waals surface area contributed by atoms with Crippen molar-refractivity contribution in [1.29, 1.82) is 0 Å². The van der Waals surface area contributed by atoms with Crippen LogP contribution in [0.2, 0.25) is 10.0 Å². The van der Waals surface area contributed by atoms with Crippen LogP contribution >= 0.6 is 47.2 Å². The quantitative estimate of drug-likeness (QED) is 0.206. The molecule has 0 saturated carbocycles. The van der Waals surface area contributed by atoms with Crippen LogP contribution in [-0.4, -0.2) is 88.2 Å². The van der Waals surface area contributed by atoms with Crippen LogP contribution in [-0.2, 0) is 16.0 Å². The Morgan fingerprint density at radius 1 is 1.20 bits per heavy atom. The fraction of sp³-hybridized carbons (Fsp3) is 0.600. The molecule has 0 spiro atoms. The molecule has 0 radical (unpaired) electrons. The van der Waals surface area contributed by atoms with Gasteiger partial charge in [0, 0.05) is 56.9 Å². The van der Waals surface area contributed by atoms with E-state index in [0.717, 1.165) is 64.3 Å². The summed E-state index contributed by atoms with van der Waals surface area (Å²) >= 11 is 12.2. The van der Waals surface area contributed by atoms with Gasteiger partial charge in [-0.1, -0.05) is 29.3 Å². The van der Waals surface area contributed by atoms with Crippen LogP contribution in [0.25, 0.3) is 0 Å². The summed E-state index contributed by atoms with van der Waals surface area (Å²) in [5.74, 6) is 0.614. The predicted octanol–water partition coefficient (Wildman–Crippen LogP) is 2.50. The van der Waals surface area contributed by atoms with Crippen LogP contribution in [0.15, 0.2) is 23.2 Å². The number of hydrogen-bond acceptors (Lipinski definition) is 4. The number of guanidine groups is 1. The monoisotopic (exact) mass is 571 g/mol. The summed E-state index contributed by atoms with van der Waals surface area (Å²) in [5, 5.41) is 7.96. The highest BCUT2D eigenvalue weighted by Gasteiger charge is 2.10. The van der Waals surface area contributed by atoms with Gasteiger partial charge in [-0.25, -0.2) is 4.99 Å². The number of morpholine rings is 1. The average Bonchev–Trinajstić information content (AvgIpc) is 2.70. The molecule has 0 aliphatic carbocycles. The molecular weight excluding hydrogens is 540 g/mol. The molecule has 10 heteroatoms. The zero-order valence-corrected chi connectivity index (χ0v) is 21.5. The van der Waals surface area contributed by atoms with Crippen molar-refractivity contribution >= 4 is 59.0 Å². The van der Waals surface area contributed by atoms with E-state index in [1.807, 2.05) is 12.1 Å². The fourth-order valence-electron chi connectivity index (χ4n) is 2.83. The Morgan fingerprint density at radius 3 is 2.57 bits per heavy atom. The molecule has 0 unspecified atom stereocenters. The maximum absolute atomic E-state index is 11.9. The number of carbonyl (C=O) groups excluding carboxylic acids is 1. The van der Waals surface area contributed by atoms with Gasteiger partial charge in [-0.15, -0.1) is 24.0 Å². The summed E-state index contributed by atoms with van der Waals surface area (Å²) in [6.45, 7) is 5.96. The summed E-state index contributed by atoms with van der Waals surface area (Å²) in [6, 6.07) is 5.57. The van der Waals surface area contributed by atoms with Gasteiger partial charge in [0.05, 0.1) is 13.2 Å². The van der Waals surface area contributed by atoms with Crippen molar-refractivity contribution in [1.82, 2.24) is 20.4 Å².